The van der Waals surface area contributed by atoms with Gasteiger partial charge in [0.1, 0.15) is 0 Å². The normalized spacial score (nSPS) is 12.6. The largest absolute Gasteiger partial charge is 0.404 e. The van der Waals surface area contributed by atoms with Crippen molar-refractivity contribution in [3.05, 3.63) is 109 Å². The highest BCUT2D eigenvalue weighted by Gasteiger charge is 2.55. The van der Waals surface area contributed by atoms with Crippen LogP contribution in [0.4, 0.5) is 8.78 Å². The number of alkyl halides is 2. The molecule has 0 N–H and O–H groups in total. The number of nitrogens with zero attached hydrogens (tertiary/aromatic N) is 2. The molecule has 0 atom stereocenters. The van der Waals surface area contributed by atoms with E-state index in [9.17, 15) is 9.36 Å². The second kappa shape index (κ2) is 13.0. The van der Waals surface area contributed by atoms with Gasteiger partial charge < -0.3 is 13.6 Å². The Morgan fingerprint density at radius 2 is 1.68 bits per heavy atom. The summed E-state index contributed by atoms with van der Waals surface area (Å²) in [5, 5.41) is 1.92. The van der Waals surface area contributed by atoms with Gasteiger partial charge in [0.25, 0.3) is 5.91 Å². The number of rotatable bonds is 10. The van der Waals surface area contributed by atoms with E-state index in [1.165, 1.54) is 37.3 Å². The van der Waals surface area contributed by atoms with Crippen LogP contribution in [0.2, 0.25) is 0 Å². The molecule has 0 saturated heterocycles. The van der Waals surface area contributed by atoms with E-state index in [4.69, 9.17) is 9.05 Å². The Kier molecular flexibility index (Phi) is 9.93. The van der Waals surface area contributed by atoms with Crippen molar-refractivity contribution in [1.82, 2.24) is 4.57 Å². The van der Waals surface area contributed by atoms with Crippen molar-refractivity contribution in [2.45, 2.75) is 39.9 Å². The van der Waals surface area contributed by atoms with Crippen LogP contribution in [0.15, 0.2) is 81.6 Å². The molecule has 0 bridgehead atoms. The third-order valence-electron chi connectivity index (χ3n) is 6.46. The average molecular weight is 664 g/mol. The number of aromatic nitrogens is 1. The minimum atomic E-state index is -4.77. The minimum absolute atomic E-state index is 0.0569. The highest BCUT2D eigenvalue weighted by molar-refractivity contribution is 9.10. The number of aryl methyl sites for hydroxylation is 2. The van der Waals surface area contributed by atoms with Crippen LogP contribution in [-0.2, 0) is 25.8 Å². The molecule has 0 aliphatic rings. The Morgan fingerprint density at radius 1 is 1.00 bits per heavy atom. The lowest BCUT2D eigenvalue weighted by Gasteiger charge is -2.26. The lowest BCUT2D eigenvalue weighted by molar-refractivity contribution is 0.0354. The molecule has 1 heterocycles. The summed E-state index contributed by atoms with van der Waals surface area (Å²) in [6.07, 6.45) is 0. The quantitative estimate of drug-likeness (QED) is 0.159. The zero-order valence-corrected chi connectivity index (χ0v) is 26.4. The first-order valence-electron chi connectivity index (χ1n) is 13.0. The fourth-order valence-corrected chi connectivity index (χ4v) is 7.51. The number of carbonyl (C=O) groups excluding carboxylic acids is 1. The molecule has 41 heavy (non-hydrogen) atoms. The van der Waals surface area contributed by atoms with E-state index in [1.807, 2.05) is 66.3 Å². The summed E-state index contributed by atoms with van der Waals surface area (Å²) in [6.45, 7) is 6.75. The first kappa shape index (κ1) is 31.2. The van der Waals surface area contributed by atoms with Gasteiger partial charge in [-0.3, -0.25) is 9.36 Å². The Balaban J connectivity index is 1.76. The zero-order chi connectivity index (χ0) is 29.8. The summed E-state index contributed by atoms with van der Waals surface area (Å²) in [7, 11) is -4.77. The third kappa shape index (κ3) is 6.68. The van der Waals surface area contributed by atoms with Crippen molar-refractivity contribution in [1.29, 1.82) is 0 Å². The molecule has 216 valence electrons. The van der Waals surface area contributed by atoms with Gasteiger partial charge in [0.2, 0.25) is 0 Å². The highest BCUT2D eigenvalue weighted by atomic mass is 79.9. The third-order valence-corrected chi connectivity index (χ3v) is 10.1. The minimum Gasteiger partial charge on any atom is -0.312 e. The summed E-state index contributed by atoms with van der Waals surface area (Å²) in [6, 6.07) is 19.4. The van der Waals surface area contributed by atoms with Crippen molar-refractivity contribution in [3.63, 3.8) is 0 Å². The van der Waals surface area contributed by atoms with Crippen LogP contribution < -0.4 is 4.80 Å². The average Bonchev–Trinajstić information content (AvgIpc) is 3.32. The number of hydrogen-bond donors (Lipinski definition) is 0. The van der Waals surface area contributed by atoms with Crippen molar-refractivity contribution in [3.8, 4) is 11.3 Å². The van der Waals surface area contributed by atoms with E-state index < -0.39 is 18.8 Å². The lowest BCUT2D eigenvalue weighted by atomic mass is 10.1. The summed E-state index contributed by atoms with van der Waals surface area (Å²) in [4.78, 5) is 18.0. The van der Waals surface area contributed by atoms with Crippen molar-refractivity contribution >= 4 is 40.8 Å². The topological polar surface area (TPSA) is 69.9 Å². The van der Waals surface area contributed by atoms with Crippen LogP contribution in [0.3, 0.4) is 0 Å². The number of carbonyl (C=O) groups is 1. The van der Waals surface area contributed by atoms with Gasteiger partial charge in [-0.05, 0) is 68.1 Å². The van der Waals surface area contributed by atoms with Crippen LogP contribution in [0, 0.1) is 13.8 Å². The lowest BCUT2D eigenvalue weighted by Crippen LogP contribution is -2.20. The summed E-state index contributed by atoms with van der Waals surface area (Å²) < 4.78 is 55.7. The van der Waals surface area contributed by atoms with Crippen LogP contribution in [0.1, 0.15) is 46.5 Å². The maximum absolute atomic E-state index is 15.5. The van der Waals surface area contributed by atoms with Gasteiger partial charge in [0.05, 0.1) is 25.5 Å². The standard InChI is InChI=1S/C30H30BrF2N2O4PS/c1-5-38-40(37,39-6-2)30(32,33)25-15-13-22(17-26(25)31)18-35-27(23-10-8-7-9-11-23)19-41-29(35)34-28(36)24-14-12-20(3)21(4)16-24/h7-17,19H,5-6,18H2,1-4H3/b34-29-. The van der Waals surface area contributed by atoms with E-state index in [2.05, 4.69) is 20.9 Å². The van der Waals surface area contributed by atoms with E-state index in [1.54, 1.807) is 12.1 Å². The molecule has 0 saturated carbocycles. The van der Waals surface area contributed by atoms with E-state index >= 15 is 8.78 Å². The first-order valence-corrected chi connectivity index (χ1v) is 16.2. The van der Waals surface area contributed by atoms with Gasteiger partial charge in [-0.1, -0.05) is 64.5 Å². The van der Waals surface area contributed by atoms with Gasteiger partial charge in [0, 0.05) is 21.0 Å². The maximum Gasteiger partial charge on any atom is 0.404 e. The van der Waals surface area contributed by atoms with Gasteiger partial charge in [-0.25, -0.2) is 0 Å². The molecule has 1 amide bonds. The maximum atomic E-state index is 15.5. The summed E-state index contributed by atoms with van der Waals surface area (Å²) >= 11 is 4.57. The van der Waals surface area contributed by atoms with Crippen LogP contribution in [0.25, 0.3) is 11.3 Å². The second-order valence-corrected chi connectivity index (χ2v) is 13.0. The molecule has 0 unspecified atom stereocenters. The molecular formula is C30H30BrF2N2O4PS. The smallest absolute Gasteiger partial charge is 0.312 e. The zero-order valence-electron chi connectivity index (χ0n) is 23.1. The molecule has 0 aliphatic carbocycles. The van der Waals surface area contributed by atoms with Crippen LogP contribution >= 0.6 is 34.9 Å². The Labute approximate surface area is 250 Å². The molecule has 0 radical (unpaired) electrons. The molecule has 3 aromatic carbocycles. The molecule has 1 aromatic heterocycles. The molecule has 0 fully saturated rings. The van der Waals surface area contributed by atoms with Crippen molar-refractivity contribution in [2.24, 2.45) is 4.99 Å². The molecule has 4 aromatic rings. The molecular weight excluding hydrogens is 633 g/mol. The van der Waals surface area contributed by atoms with Gasteiger partial charge in [0.15, 0.2) is 4.80 Å². The Bertz CT molecular complexity index is 1660. The van der Waals surface area contributed by atoms with Crippen LogP contribution in [-0.4, -0.2) is 23.7 Å². The summed E-state index contributed by atoms with van der Waals surface area (Å²) in [5.74, 6) is -0.373. The Hall–Kier alpha value is -2.75. The molecule has 11 heteroatoms. The fourth-order valence-electron chi connectivity index (χ4n) is 4.21. The molecule has 6 nitrogen and oxygen atoms in total. The molecule has 0 spiro atoms. The number of hydrogen-bond acceptors (Lipinski definition) is 5. The van der Waals surface area contributed by atoms with Crippen LogP contribution in [0.5, 0.6) is 0 Å². The summed E-state index contributed by atoms with van der Waals surface area (Å²) in [5.41, 5.74) is 0.588. The predicted molar refractivity (Wildman–Crippen MR) is 162 cm³/mol. The number of amides is 1. The second-order valence-electron chi connectivity index (χ2n) is 9.26. The van der Waals surface area contributed by atoms with Gasteiger partial charge in [-0.2, -0.15) is 13.8 Å². The van der Waals surface area contributed by atoms with Crippen molar-refractivity contribution in [2.75, 3.05) is 13.2 Å². The fraction of sp³-hybridized carbons (Fsp3) is 0.267. The van der Waals surface area contributed by atoms with Gasteiger partial charge >= 0.3 is 13.3 Å². The number of benzene rings is 3. The van der Waals surface area contributed by atoms with Gasteiger partial charge in [-0.15, -0.1) is 11.3 Å². The monoisotopic (exact) mass is 662 g/mol. The van der Waals surface area contributed by atoms with E-state index in [0.29, 0.717) is 15.9 Å². The number of halogens is 3. The predicted octanol–water partition coefficient (Wildman–Crippen LogP) is 8.70. The van der Waals surface area contributed by atoms with E-state index in [-0.39, 0.29) is 30.1 Å². The highest BCUT2D eigenvalue weighted by Crippen LogP contribution is 2.67. The SMILES string of the molecule is CCOP(=O)(OCC)C(F)(F)c1ccc(Cn2c(-c3ccccc3)cs/c2=N\C(=O)c2ccc(C)c(C)c2)cc1Br. The van der Waals surface area contributed by atoms with E-state index in [0.717, 1.165) is 22.4 Å². The number of thiazole rings is 1. The first-order chi connectivity index (χ1) is 19.5. The Morgan fingerprint density at radius 3 is 2.29 bits per heavy atom. The molecule has 0 aliphatic heterocycles. The van der Waals surface area contributed by atoms with Crippen molar-refractivity contribution < 1.29 is 27.2 Å². The molecule has 4 rings (SSSR count).